The molecule has 0 spiro atoms. The Morgan fingerprint density at radius 3 is 2.51 bits per heavy atom. The minimum Gasteiger partial charge on any atom is -0.494 e. The SMILES string of the molecule is CCCCCCOc1ccc(C2Oc3c(Cl)cc(Cl)cc3C3CC(c4ccc(C)cc4)=NN32)cc1. The van der Waals surface area contributed by atoms with Crippen LogP contribution in [0.3, 0.4) is 0 Å². The first-order valence-corrected chi connectivity index (χ1v) is 13.1. The summed E-state index contributed by atoms with van der Waals surface area (Å²) < 4.78 is 12.4. The Balaban J connectivity index is 1.43. The van der Waals surface area contributed by atoms with Gasteiger partial charge in [-0.2, -0.15) is 5.10 Å². The largest absolute Gasteiger partial charge is 0.494 e. The maximum atomic E-state index is 6.59. The number of fused-ring (bicyclic) bond motifs is 3. The van der Waals surface area contributed by atoms with E-state index in [-0.39, 0.29) is 6.04 Å². The molecule has 2 aliphatic heterocycles. The monoisotopic (exact) mass is 508 g/mol. The fraction of sp³-hybridized carbons (Fsp3) is 0.345. The molecule has 0 amide bonds. The highest BCUT2D eigenvalue weighted by Gasteiger charge is 2.42. The highest BCUT2D eigenvalue weighted by Crippen LogP contribution is 2.50. The normalized spacial score (nSPS) is 18.5. The van der Waals surface area contributed by atoms with Crippen molar-refractivity contribution in [3.05, 3.63) is 93.0 Å². The summed E-state index contributed by atoms with van der Waals surface area (Å²) >= 11 is 13.0. The molecule has 0 saturated carbocycles. The Hall–Kier alpha value is -2.69. The van der Waals surface area contributed by atoms with Gasteiger partial charge in [0.05, 0.1) is 23.4 Å². The van der Waals surface area contributed by atoms with E-state index in [0.717, 1.165) is 47.6 Å². The lowest BCUT2D eigenvalue weighted by Crippen LogP contribution is -2.33. The molecule has 0 N–H and O–H groups in total. The number of benzene rings is 3. The maximum Gasteiger partial charge on any atom is 0.213 e. The van der Waals surface area contributed by atoms with Crippen molar-refractivity contribution in [1.82, 2.24) is 5.01 Å². The van der Waals surface area contributed by atoms with Crippen LogP contribution in [0.2, 0.25) is 10.0 Å². The molecular formula is C29H30Cl2N2O2. The zero-order valence-corrected chi connectivity index (χ0v) is 21.6. The molecule has 182 valence electrons. The van der Waals surface area contributed by atoms with Crippen LogP contribution < -0.4 is 9.47 Å². The van der Waals surface area contributed by atoms with Crippen LogP contribution in [0.5, 0.6) is 11.5 Å². The molecule has 0 aromatic heterocycles. The van der Waals surface area contributed by atoms with Gasteiger partial charge in [-0.05, 0) is 55.3 Å². The van der Waals surface area contributed by atoms with E-state index in [1.54, 1.807) is 6.07 Å². The summed E-state index contributed by atoms with van der Waals surface area (Å²) in [5.74, 6) is 1.55. The van der Waals surface area contributed by atoms with Gasteiger partial charge in [-0.25, -0.2) is 5.01 Å². The maximum absolute atomic E-state index is 6.59. The number of hydrogen-bond donors (Lipinski definition) is 0. The van der Waals surface area contributed by atoms with Crippen LogP contribution in [-0.4, -0.2) is 17.3 Å². The number of rotatable bonds is 8. The summed E-state index contributed by atoms with van der Waals surface area (Å²) in [7, 11) is 0. The van der Waals surface area contributed by atoms with Crippen LogP contribution in [0, 0.1) is 6.92 Å². The molecule has 2 unspecified atom stereocenters. The Morgan fingerprint density at radius 2 is 1.77 bits per heavy atom. The minimum atomic E-state index is -0.396. The molecule has 2 aliphatic rings. The predicted octanol–water partition coefficient (Wildman–Crippen LogP) is 8.50. The van der Waals surface area contributed by atoms with Crippen molar-refractivity contribution in [2.45, 2.75) is 58.2 Å². The third-order valence-corrected chi connectivity index (χ3v) is 7.12. The second-order valence-electron chi connectivity index (χ2n) is 9.27. The number of ether oxygens (including phenoxy) is 2. The van der Waals surface area contributed by atoms with Crippen molar-refractivity contribution in [2.24, 2.45) is 5.10 Å². The molecule has 2 heterocycles. The van der Waals surface area contributed by atoms with Gasteiger partial charge < -0.3 is 9.47 Å². The summed E-state index contributed by atoms with van der Waals surface area (Å²) in [5.41, 5.74) is 5.34. The van der Waals surface area contributed by atoms with E-state index in [9.17, 15) is 0 Å². The Kier molecular flexibility index (Phi) is 7.22. The fourth-order valence-corrected chi connectivity index (χ4v) is 5.26. The number of halogens is 2. The molecule has 0 radical (unpaired) electrons. The third kappa shape index (κ3) is 5.14. The topological polar surface area (TPSA) is 34.1 Å². The van der Waals surface area contributed by atoms with E-state index in [2.05, 4.69) is 50.2 Å². The van der Waals surface area contributed by atoms with Crippen molar-refractivity contribution >= 4 is 28.9 Å². The van der Waals surface area contributed by atoms with Gasteiger partial charge in [-0.1, -0.05) is 79.2 Å². The molecule has 2 atom stereocenters. The van der Waals surface area contributed by atoms with Crippen molar-refractivity contribution in [1.29, 1.82) is 0 Å². The highest BCUT2D eigenvalue weighted by atomic mass is 35.5. The Labute approximate surface area is 217 Å². The fourth-order valence-electron chi connectivity index (χ4n) is 4.70. The zero-order chi connectivity index (χ0) is 24.4. The standard InChI is InChI=1S/C29H30Cl2N2O2/c1-3-4-5-6-15-34-23-13-11-21(12-14-23)29-33-27(24-16-22(30)17-25(31)28(24)35-29)18-26(32-33)20-9-7-19(2)8-10-20/h7-14,16-17,27,29H,3-6,15,18H2,1-2H3. The molecule has 5 rings (SSSR count). The summed E-state index contributed by atoms with van der Waals surface area (Å²) in [5, 5.41) is 8.20. The first-order valence-electron chi connectivity index (χ1n) is 12.3. The van der Waals surface area contributed by atoms with Gasteiger partial charge in [-0.15, -0.1) is 0 Å². The lowest BCUT2D eigenvalue weighted by Gasteiger charge is -2.38. The van der Waals surface area contributed by atoms with Crippen molar-refractivity contribution in [3.8, 4) is 11.5 Å². The second kappa shape index (κ2) is 10.5. The number of nitrogens with zero attached hydrogens (tertiary/aromatic N) is 2. The van der Waals surface area contributed by atoms with Gasteiger partial charge in [0.15, 0.2) is 0 Å². The van der Waals surface area contributed by atoms with E-state index in [4.69, 9.17) is 37.8 Å². The van der Waals surface area contributed by atoms with Gasteiger partial charge in [0.1, 0.15) is 11.5 Å². The Bertz CT molecular complexity index is 1210. The summed E-state index contributed by atoms with van der Waals surface area (Å²) in [6.45, 7) is 5.04. The molecule has 3 aromatic rings. The summed E-state index contributed by atoms with van der Waals surface area (Å²) in [6, 6.07) is 20.3. The summed E-state index contributed by atoms with van der Waals surface area (Å²) in [6.07, 6.45) is 5.11. The predicted molar refractivity (Wildman–Crippen MR) is 143 cm³/mol. The number of hydrazone groups is 1. The van der Waals surface area contributed by atoms with E-state index in [1.165, 1.54) is 24.8 Å². The van der Waals surface area contributed by atoms with Crippen molar-refractivity contribution in [2.75, 3.05) is 6.61 Å². The molecule has 4 nitrogen and oxygen atoms in total. The van der Waals surface area contributed by atoms with E-state index in [0.29, 0.717) is 15.8 Å². The molecule has 35 heavy (non-hydrogen) atoms. The van der Waals surface area contributed by atoms with E-state index < -0.39 is 6.23 Å². The third-order valence-electron chi connectivity index (χ3n) is 6.62. The molecular weight excluding hydrogens is 479 g/mol. The van der Waals surface area contributed by atoms with Gasteiger partial charge in [0.25, 0.3) is 0 Å². The minimum absolute atomic E-state index is 0.00857. The average molecular weight is 509 g/mol. The van der Waals surface area contributed by atoms with Crippen LogP contribution in [0.15, 0.2) is 65.8 Å². The molecule has 0 aliphatic carbocycles. The molecule has 0 bridgehead atoms. The van der Waals surface area contributed by atoms with Crippen LogP contribution in [-0.2, 0) is 0 Å². The van der Waals surface area contributed by atoms with Crippen LogP contribution in [0.4, 0.5) is 0 Å². The lowest BCUT2D eigenvalue weighted by atomic mass is 9.95. The first-order chi connectivity index (χ1) is 17.0. The van der Waals surface area contributed by atoms with Crippen molar-refractivity contribution in [3.63, 3.8) is 0 Å². The number of aryl methyl sites for hydroxylation is 1. The van der Waals surface area contributed by atoms with Gasteiger partial charge in [-0.3, -0.25) is 0 Å². The number of unbranched alkanes of at least 4 members (excludes halogenated alkanes) is 3. The smallest absolute Gasteiger partial charge is 0.213 e. The van der Waals surface area contributed by atoms with Crippen LogP contribution in [0.25, 0.3) is 0 Å². The zero-order valence-electron chi connectivity index (χ0n) is 20.1. The van der Waals surface area contributed by atoms with E-state index in [1.807, 2.05) is 23.2 Å². The lowest BCUT2D eigenvalue weighted by molar-refractivity contribution is -0.0189. The quantitative estimate of drug-likeness (QED) is 0.286. The molecule has 3 aromatic carbocycles. The molecule has 0 fully saturated rings. The van der Waals surface area contributed by atoms with Crippen LogP contribution in [0.1, 0.15) is 73.6 Å². The first kappa shape index (κ1) is 24.0. The molecule has 0 saturated heterocycles. The second-order valence-corrected chi connectivity index (χ2v) is 10.1. The highest BCUT2D eigenvalue weighted by molar-refractivity contribution is 6.35. The number of hydrogen-bond acceptors (Lipinski definition) is 4. The summed E-state index contributed by atoms with van der Waals surface area (Å²) in [4.78, 5) is 0. The van der Waals surface area contributed by atoms with Gasteiger partial charge in [0, 0.05) is 22.6 Å². The molecule has 6 heteroatoms. The van der Waals surface area contributed by atoms with Crippen LogP contribution >= 0.6 is 23.2 Å². The van der Waals surface area contributed by atoms with Crippen molar-refractivity contribution < 1.29 is 9.47 Å². The van der Waals surface area contributed by atoms with Gasteiger partial charge >= 0.3 is 0 Å². The Morgan fingerprint density at radius 1 is 1.00 bits per heavy atom. The average Bonchev–Trinajstić information content (AvgIpc) is 3.30. The van der Waals surface area contributed by atoms with Gasteiger partial charge in [0.2, 0.25) is 6.23 Å². The van der Waals surface area contributed by atoms with E-state index >= 15 is 0 Å².